The highest BCUT2D eigenvalue weighted by Crippen LogP contribution is 2.18. The van der Waals surface area contributed by atoms with Crippen molar-refractivity contribution < 1.29 is 9.53 Å². The number of aryl methyl sites for hydroxylation is 1. The quantitative estimate of drug-likeness (QED) is 0.586. The summed E-state index contributed by atoms with van der Waals surface area (Å²) in [5.41, 5.74) is 1.30. The molecule has 2 aromatic carbocycles. The molecule has 7 heteroatoms. The molecule has 1 unspecified atom stereocenters. The zero-order valence-electron chi connectivity index (χ0n) is 17.7. The van der Waals surface area contributed by atoms with Crippen LogP contribution in [0.15, 0.2) is 53.3 Å². The van der Waals surface area contributed by atoms with Crippen molar-refractivity contribution in [2.24, 2.45) is 5.92 Å². The standard InChI is InChI=1S/C23H28N4O3/c1-16(2)13-15-30-19-10-8-18(9-11-19)17(3)24-22(28)12-14-27-23(29)20-6-4-5-7-21(20)25-26-27/h4-11,16-17H,12-15H2,1-3H3,(H,24,28). The van der Waals surface area contributed by atoms with Gasteiger partial charge in [0.15, 0.2) is 0 Å². The number of aromatic nitrogens is 3. The topological polar surface area (TPSA) is 86.1 Å². The molecular weight excluding hydrogens is 380 g/mol. The number of ether oxygens (including phenoxy) is 1. The highest BCUT2D eigenvalue weighted by Gasteiger charge is 2.12. The molecule has 1 heterocycles. The minimum atomic E-state index is -0.241. The number of nitrogens with zero attached hydrogens (tertiary/aromatic N) is 3. The molecular formula is C23H28N4O3. The third kappa shape index (κ3) is 5.65. The van der Waals surface area contributed by atoms with E-state index in [9.17, 15) is 9.59 Å². The molecule has 0 aliphatic rings. The Morgan fingerprint density at radius 1 is 1.10 bits per heavy atom. The fourth-order valence-corrected chi connectivity index (χ4v) is 3.04. The van der Waals surface area contributed by atoms with E-state index >= 15 is 0 Å². The van der Waals surface area contributed by atoms with Crippen LogP contribution in [-0.2, 0) is 11.3 Å². The third-order valence-electron chi connectivity index (χ3n) is 4.90. The molecule has 0 radical (unpaired) electrons. The minimum absolute atomic E-state index is 0.146. The highest BCUT2D eigenvalue weighted by atomic mass is 16.5. The van der Waals surface area contributed by atoms with E-state index < -0.39 is 0 Å². The van der Waals surface area contributed by atoms with Crippen LogP contribution in [0.4, 0.5) is 0 Å². The summed E-state index contributed by atoms with van der Waals surface area (Å²) >= 11 is 0. The summed E-state index contributed by atoms with van der Waals surface area (Å²) in [6.07, 6.45) is 1.16. The van der Waals surface area contributed by atoms with E-state index in [1.807, 2.05) is 31.2 Å². The van der Waals surface area contributed by atoms with Crippen LogP contribution < -0.4 is 15.6 Å². The predicted molar refractivity (Wildman–Crippen MR) is 116 cm³/mol. The monoisotopic (exact) mass is 408 g/mol. The van der Waals surface area contributed by atoms with Gasteiger partial charge in [-0.15, -0.1) is 5.10 Å². The lowest BCUT2D eigenvalue weighted by atomic mass is 10.1. The lowest BCUT2D eigenvalue weighted by Gasteiger charge is -2.15. The Kier molecular flexibility index (Phi) is 7.17. The van der Waals surface area contributed by atoms with Gasteiger partial charge >= 0.3 is 0 Å². The first-order chi connectivity index (χ1) is 14.4. The van der Waals surface area contributed by atoms with Crippen molar-refractivity contribution in [2.45, 2.75) is 46.2 Å². The Morgan fingerprint density at radius 3 is 2.57 bits per heavy atom. The van der Waals surface area contributed by atoms with E-state index in [4.69, 9.17) is 4.74 Å². The Hall–Kier alpha value is -3.22. The van der Waals surface area contributed by atoms with Crippen molar-refractivity contribution in [3.63, 3.8) is 0 Å². The number of hydrogen-bond acceptors (Lipinski definition) is 5. The first kappa shape index (κ1) is 21.5. The number of carbonyl (C=O) groups excluding carboxylic acids is 1. The maximum Gasteiger partial charge on any atom is 0.277 e. The summed E-state index contributed by atoms with van der Waals surface area (Å²) in [5.74, 6) is 1.28. The second kappa shape index (κ2) is 10.0. The fourth-order valence-electron chi connectivity index (χ4n) is 3.04. The molecule has 0 spiro atoms. The van der Waals surface area contributed by atoms with Gasteiger partial charge in [-0.05, 0) is 49.1 Å². The van der Waals surface area contributed by atoms with Crippen LogP contribution >= 0.6 is 0 Å². The number of hydrogen-bond donors (Lipinski definition) is 1. The lowest BCUT2D eigenvalue weighted by molar-refractivity contribution is -0.122. The van der Waals surface area contributed by atoms with Crippen LogP contribution in [-0.4, -0.2) is 27.5 Å². The van der Waals surface area contributed by atoms with Crippen LogP contribution in [0.1, 0.15) is 45.2 Å². The molecule has 3 aromatic rings. The van der Waals surface area contributed by atoms with E-state index in [2.05, 4.69) is 29.5 Å². The Labute approximate surface area is 176 Å². The van der Waals surface area contributed by atoms with Crippen molar-refractivity contribution in [1.82, 2.24) is 20.3 Å². The molecule has 0 bridgehead atoms. The second-order valence-electron chi connectivity index (χ2n) is 7.77. The number of benzene rings is 2. The van der Waals surface area contributed by atoms with Crippen molar-refractivity contribution in [3.05, 3.63) is 64.4 Å². The zero-order chi connectivity index (χ0) is 21.5. The van der Waals surface area contributed by atoms with Gasteiger partial charge in [0, 0.05) is 6.42 Å². The Balaban J connectivity index is 1.52. The largest absolute Gasteiger partial charge is 0.494 e. The molecule has 1 aromatic heterocycles. The molecule has 0 fully saturated rings. The third-order valence-corrected chi connectivity index (χ3v) is 4.90. The lowest BCUT2D eigenvalue weighted by Crippen LogP contribution is -2.30. The van der Waals surface area contributed by atoms with Crippen molar-refractivity contribution in [1.29, 1.82) is 0 Å². The number of nitrogens with one attached hydrogen (secondary N) is 1. The molecule has 30 heavy (non-hydrogen) atoms. The zero-order valence-corrected chi connectivity index (χ0v) is 17.7. The molecule has 1 atom stereocenters. The number of fused-ring (bicyclic) bond motifs is 1. The van der Waals surface area contributed by atoms with Crippen LogP contribution in [0.5, 0.6) is 5.75 Å². The molecule has 0 saturated heterocycles. The van der Waals surface area contributed by atoms with Crippen LogP contribution in [0.2, 0.25) is 0 Å². The van der Waals surface area contributed by atoms with Gasteiger partial charge in [0.25, 0.3) is 5.56 Å². The molecule has 0 aliphatic carbocycles. The summed E-state index contributed by atoms with van der Waals surface area (Å²) in [6.45, 7) is 7.13. The smallest absolute Gasteiger partial charge is 0.277 e. The van der Waals surface area contributed by atoms with E-state index in [-0.39, 0.29) is 30.5 Å². The second-order valence-corrected chi connectivity index (χ2v) is 7.77. The van der Waals surface area contributed by atoms with Crippen molar-refractivity contribution >= 4 is 16.8 Å². The van der Waals surface area contributed by atoms with Crippen molar-refractivity contribution in [2.75, 3.05) is 6.61 Å². The SMILES string of the molecule is CC(C)CCOc1ccc(C(C)NC(=O)CCn2nnc3ccccc3c2=O)cc1. The van der Waals surface area contributed by atoms with Crippen molar-refractivity contribution in [3.8, 4) is 5.75 Å². The Bertz CT molecular complexity index is 1040. The van der Waals surface area contributed by atoms with Gasteiger partial charge in [-0.3, -0.25) is 9.59 Å². The molecule has 0 saturated carbocycles. The van der Waals surface area contributed by atoms with Gasteiger partial charge in [0.05, 0.1) is 24.6 Å². The normalized spacial score (nSPS) is 12.1. The minimum Gasteiger partial charge on any atom is -0.494 e. The summed E-state index contributed by atoms with van der Waals surface area (Å²) in [4.78, 5) is 24.8. The highest BCUT2D eigenvalue weighted by molar-refractivity contribution is 5.77. The molecule has 7 nitrogen and oxygen atoms in total. The van der Waals surface area contributed by atoms with E-state index in [1.165, 1.54) is 4.68 Å². The number of rotatable bonds is 9. The molecule has 3 rings (SSSR count). The molecule has 1 amide bonds. The first-order valence-electron chi connectivity index (χ1n) is 10.3. The maximum absolute atomic E-state index is 12.4. The predicted octanol–water partition coefficient (Wildman–Crippen LogP) is 3.48. The van der Waals surface area contributed by atoms with E-state index in [0.29, 0.717) is 23.4 Å². The van der Waals surface area contributed by atoms with Gasteiger partial charge in [-0.2, -0.15) is 0 Å². The van der Waals surface area contributed by atoms with Gasteiger partial charge in [0.2, 0.25) is 5.91 Å². The summed E-state index contributed by atoms with van der Waals surface area (Å²) < 4.78 is 6.96. The number of amides is 1. The Morgan fingerprint density at radius 2 is 1.83 bits per heavy atom. The van der Waals surface area contributed by atoms with Gasteiger partial charge < -0.3 is 10.1 Å². The van der Waals surface area contributed by atoms with E-state index in [1.54, 1.807) is 24.3 Å². The van der Waals surface area contributed by atoms with Crippen LogP contribution in [0, 0.1) is 5.92 Å². The molecule has 0 aliphatic heterocycles. The van der Waals surface area contributed by atoms with Gasteiger partial charge in [-0.1, -0.05) is 43.3 Å². The summed E-state index contributed by atoms with van der Waals surface area (Å²) in [6, 6.07) is 14.6. The summed E-state index contributed by atoms with van der Waals surface area (Å²) in [5, 5.41) is 11.4. The molecule has 158 valence electrons. The van der Waals surface area contributed by atoms with Gasteiger partial charge in [0.1, 0.15) is 11.3 Å². The van der Waals surface area contributed by atoms with Gasteiger partial charge in [-0.25, -0.2) is 4.68 Å². The van der Waals surface area contributed by atoms with E-state index in [0.717, 1.165) is 17.7 Å². The summed E-state index contributed by atoms with van der Waals surface area (Å²) in [7, 11) is 0. The fraction of sp³-hybridized carbons (Fsp3) is 0.391. The van der Waals surface area contributed by atoms with Crippen LogP contribution in [0.25, 0.3) is 10.9 Å². The average Bonchev–Trinajstić information content (AvgIpc) is 2.73. The molecule has 1 N–H and O–H groups in total. The van der Waals surface area contributed by atoms with Crippen LogP contribution in [0.3, 0.4) is 0 Å². The average molecular weight is 409 g/mol. The first-order valence-corrected chi connectivity index (χ1v) is 10.3. The number of carbonyl (C=O) groups is 1. The maximum atomic E-state index is 12.4.